The number of likely N-dealkylation sites (tertiary alicyclic amines) is 1. The fourth-order valence-corrected chi connectivity index (χ4v) is 3.57. The number of nitrogens with zero attached hydrogens (tertiary/aromatic N) is 3. The van der Waals surface area contributed by atoms with Crippen LogP contribution in [0, 0.1) is 5.92 Å². The van der Waals surface area contributed by atoms with Gasteiger partial charge in [-0.25, -0.2) is 4.79 Å². The highest BCUT2D eigenvalue weighted by molar-refractivity contribution is 5.75. The molecule has 1 aliphatic carbocycles. The number of amides is 2. The predicted molar refractivity (Wildman–Crippen MR) is 78.1 cm³/mol. The van der Waals surface area contributed by atoms with Crippen molar-refractivity contribution in [1.82, 2.24) is 14.7 Å². The maximum atomic E-state index is 12.6. The molecule has 1 N–H and O–H groups in total. The summed E-state index contributed by atoms with van der Waals surface area (Å²) < 4.78 is 0. The average molecular weight is 295 g/mol. The van der Waals surface area contributed by atoms with Crippen molar-refractivity contribution < 1.29 is 14.7 Å². The van der Waals surface area contributed by atoms with Crippen LogP contribution in [0.25, 0.3) is 0 Å². The van der Waals surface area contributed by atoms with Crippen LogP contribution in [-0.4, -0.2) is 77.1 Å². The molecule has 1 saturated carbocycles. The molecule has 2 aliphatic heterocycles. The summed E-state index contributed by atoms with van der Waals surface area (Å²) in [5.41, 5.74) is 0. The van der Waals surface area contributed by atoms with E-state index in [4.69, 9.17) is 5.11 Å². The summed E-state index contributed by atoms with van der Waals surface area (Å²) in [6.45, 7) is 4.99. The van der Waals surface area contributed by atoms with Gasteiger partial charge in [0.15, 0.2) is 0 Å². The van der Waals surface area contributed by atoms with Gasteiger partial charge in [-0.3, -0.25) is 9.69 Å². The normalized spacial score (nSPS) is 27.7. The Kier molecular flexibility index (Phi) is 4.33. The summed E-state index contributed by atoms with van der Waals surface area (Å²) in [5.74, 6) is -0.639. The Labute approximate surface area is 125 Å². The number of carboxylic acid groups (broad SMARTS) is 1. The number of carboxylic acids is 1. The van der Waals surface area contributed by atoms with E-state index < -0.39 is 5.97 Å². The van der Waals surface area contributed by atoms with Crippen molar-refractivity contribution in [2.75, 3.05) is 39.3 Å². The molecule has 1 unspecified atom stereocenters. The zero-order valence-corrected chi connectivity index (χ0v) is 12.5. The van der Waals surface area contributed by atoms with E-state index in [9.17, 15) is 9.59 Å². The van der Waals surface area contributed by atoms with Gasteiger partial charge >= 0.3 is 12.0 Å². The molecule has 0 spiro atoms. The van der Waals surface area contributed by atoms with Crippen LogP contribution in [0.1, 0.15) is 32.1 Å². The Morgan fingerprint density at radius 1 is 0.952 bits per heavy atom. The Hall–Kier alpha value is -1.30. The van der Waals surface area contributed by atoms with E-state index in [-0.39, 0.29) is 18.4 Å². The minimum absolute atomic E-state index is 0.112. The van der Waals surface area contributed by atoms with E-state index in [0.717, 1.165) is 51.6 Å². The van der Waals surface area contributed by atoms with Gasteiger partial charge in [-0.2, -0.15) is 0 Å². The summed E-state index contributed by atoms with van der Waals surface area (Å²) in [7, 11) is 0. The highest BCUT2D eigenvalue weighted by atomic mass is 16.4. The second kappa shape index (κ2) is 6.22. The lowest BCUT2D eigenvalue weighted by molar-refractivity contribution is -0.138. The lowest BCUT2D eigenvalue weighted by Gasteiger charge is -2.40. The molecule has 0 bridgehead atoms. The summed E-state index contributed by atoms with van der Waals surface area (Å²) >= 11 is 0. The van der Waals surface area contributed by atoms with Gasteiger partial charge in [0.25, 0.3) is 0 Å². The molecule has 0 aromatic rings. The number of carbonyl (C=O) groups is 2. The van der Waals surface area contributed by atoms with E-state index in [1.807, 2.05) is 9.80 Å². The number of carbonyl (C=O) groups excluding carboxylic acids is 1. The van der Waals surface area contributed by atoms with E-state index in [1.165, 1.54) is 12.8 Å². The molecule has 2 heterocycles. The molecule has 0 aromatic carbocycles. The standard InChI is InChI=1S/C15H25N3O3/c19-14(20)10-12-2-1-5-18(11-12)15(21)17-8-6-16(7-9-17)13-3-4-13/h12-13H,1-11H2,(H,19,20). The van der Waals surface area contributed by atoms with Crippen molar-refractivity contribution >= 4 is 12.0 Å². The maximum absolute atomic E-state index is 12.6. The summed E-state index contributed by atoms with van der Waals surface area (Å²) in [4.78, 5) is 29.7. The largest absolute Gasteiger partial charge is 0.481 e. The first-order valence-corrected chi connectivity index (χ1v) is 8.13. The molecule has 2 saturated heterocycles. The molecule has 6 nitrogen and oxygen atoms in total. The quantitative estimate of drug-likeness (QED) is 0.846. The van der Waals surface area contributed by atoms with E-state index in [1.54, 1.807) is 0 Å². The lowest BCUT2D eigenvalue weighted by atomic mass is 9.95. The Morgan fingerprint density at radius 3 is 2.29 bits per heavy atom. The third-order valence-electron chi connectivity index (χ3n) is 4.90. The predicted octanol–water partition coefficient (Wildman–Crippen LogP) is 1.07. The van der Waals surface area contributed by atoms with Crippen LogP contribution in [-0.2, 0) is 4.79 Å². The smallest absolute Gasteiger partial charge is 0.320 e. The third-order valence-corrected chi connectivity index (χ3v) is 4.90. The first-order valence-electron chi connectivity index (χ1n) is 8.13. The van der Waals surface area contributed by atoms with Crippen molar-refractivity contribution in [2.45, 2.75) is 38.1 Å². The molecule has 0 radical (unpaired) electrons. The highest BCUT2D eigenvalue weighted by Gasteiger charge is 2.34. The van der Waals surface area contributed by atoms with Crippen LogP contribution in [0.4, 0.5) is 4.79 Å². The molecular weight excluding hydrogens is 270 g/mol. The monoisotopic (exact) mass is 295 g/mol. The number of aliphatic carboxylic acids is 1. The van der Waals surface area contributed by atoms with Crippen LogP contribution in [0.2, 0.25) is 0 Å². The van der Waals surface area contributed by atoms with E-state index >= 15 is 0 Å². The molecular formula is C15H25N3O3. The summed E-state index contributed by atoms with van der Waals surface area (Å²) in [5, 5.41) is 8.91. The number of rotatable bonds is 3. The number of hydrogen-bond acceptors (Lipinski definition) is 3. The van der Waals surface area contributed by atoms with Crippen LogP contribution in [0.5, 0.6) is 0 Å². The topological polar surface area (TPSA) is 64.1 Å². The minimum Gasteiger partial charge on any atom is -0.481 e. The Balaban J connectivity index is 1.49. The lowest BCUT2D eigenvalue weighted by Crippen LogP contribution is -2.54. The molecule has 118 valence electrons. The van der Waals surface area contributed by atoms with Crippen LogP contribution < -0.4 is 0 Å². The van der Waals surface area contributed by atoms with Crippen LogP contribution in [0.3, 0.4) is 0 Å². The minimum atomic E-state index is -0.757. The van der Waals surface area contributed by atoms with E-state index in [0.29, 0.717) is 6.54 Å². The number of urea groups is 1. The zero-order valence-electron chi connectivity index (χ0n) is 12.5. The van der Waals surface area contributed by atoms with Crippen molar-refractivity contribution in [3.8, 4) is 0 Å². The number of hydrogen-bond donors (Lipinski definition) is 1. The van der Waals surface area contributed by atoms with Crippen molar-refractivity contribution in [1.29, 1.82) is 0 Å². The Morgan fingerprint density at radius 2 is 1.67 bits per heavy atom. The van der Waals surface area contributed by atoms with Gasteiger partial charge in [-0.05, 0) is 31.6 Å². The highest BCUT2D eigenvalue weighted by Crippen LogP contribution is 2.28. The van der Waals surface area contributed by atoms with Gasteiger partial charge in [0, 0.05) is 51.7 Å². The molecule has 3 aliphatic rings. The first kappa shape index (κ1) is 14.6. The van der Waals surface area contributed by atoms with Crippen molar-refractivity contribution in [2.24, 2.45) is 5.92 Å². The fraction of sp³-hybridized carbons (Fsp3) is 0.867. The van der Waals surface area contributed by atoms with Gasteiger partial charge < -0.3 is 14.9 Å². The van der Waals surface area contributed by atoms with Crippen LogP contribution in [0.15, 0.2) is 0 Å². The van der Waals surface area contributed by atoms with E-state index in [2.05, 4.69) is 4.90 Å². The van der Waals surface area contributed by atoms with Crippen LogP contribution >= 0.6 is 0 Å². The molecule has 6 heteroatoms. The second-order valence-corrected chi connectivity index (χ2v) is 6.59. The molecule has 2 amide bonds. The van der Waals surface area contributed by atoms with Gasteiger partial charge in [0.1, 0.15) is 0 Å². The second-order valence-electron chi connectivity index (χ2n) is 6.59. The van der Waals surface area contributed by atoms with Gasteiger partial charge in [0.2, 0.25) is 0 Å². The molecule has 21 heavy (non-hydrogen) atoms. The number of piperazine rings is 1. The average Bonchev–Trinajstić information content (AvgIpc) is 3.31. The van der Waals surface area contributed by atoms with Gasteiger partial charge in [-0.1, -0.05) is 0 Å². The molecule has 3 rings (SSSR count). The summed E-state index contributed by atoms with van der Waals surface area (Å²) in [6, 6.07) is 0.887. The van der Waals surface area contributed by atoms with Gasteiger partial charge in [0.05, 0.1) is 0 Å². The van der Waals surface area contributed by atoms with Gasteiger partial charge in [-0.15, -0.1) is 0 Å². The molecule has 3 fully saturated rings. The third kappa shape index (κ3) is 3.67. The SMILES string of the molecule is O=C(O)CC1CCCN(C(=O)N2CCN(C3CC3)CC2)C1. The molecule has 1 atom stereocenters. The maximum Gasteiger partial charge on any atom is 0.320 e. The summed E-state index contributed by atoms with van der Waals surface area (Å²) in [6.07, 6.45) is 4.66. The zero-order chi connectivity index (χ0) is 14.8. The Bertz CT molecular complexity index is 403. The number of piperidine rings is 1. The molecule has 0 aromatic heterocycles. The fourth-order valence-electron chi connectivity index (χ4n) is 3.57. The van der Waals surface area contributed by atoms with Crippen molar-refractivity contribution in [3.63, 3.8) is 0 Å². The van der Waals surface area contributed by atoms with Crippen molar-refractivity contribution in [3.05, 3.63) is 0 Å². The first-order chi connectivity index (χ1) is 10.1.